The highest BCUT2D eigenvalue weighted by Gasteiger charge is 2.12. The molecule has 0 aliphatic carbocycles. The lowest BCUT2D eigenvalue weighted by molar-refractivity contribution is 0.101. The first-order valence-corrected chi connectivity index (χ1v) is 5.13. The molecule has 0 fully saturated rings. The zero-order valence-corrected chi connectivity index (χ0v) is 9.08. The average Bonchev–Trinajstić information content (AvgIpc) is 2.75. The zero-order valence-electron chi connectivity index (χ0n) is 8.26. The molecule has 15 heavy (non-hydrogen) atoms. The molecule has 0 spiro atoms. The van der Waals surface area contributed by atoms with Crippen molar-refractivity contribution >= 4 is 22.4 Å². The first-order valence-electron chi connectivity index (χ1n) is 4.25. The highest BCUT2D eigenvalue weighted by Crippen LogP contribution is 2.10. The quantitative estimate of drug-likeness (QED) is 0.818. The van der Waals surface area contributed by atoms with Crippen molar-refractivity contribution in [1.29, 1.82) is 0 Å². The second kappa shape index (κ2) is 3.77. The van der Waals surface area contributed by atoms with E-state index in [4.69, 9.17) is 0 Å². The van der Waals surface area contributed by atoms with E-state index in [0.717, 1.165) is 5.69 Å². The lowest BCUT2D eigenvalue weighted by Crippen LogP contribution is -2.15. The summed E-state index contributed by atoms with van der Waals surface area (Å²) in [4.78, 5) is 11.7. The summed E-state index contributed by atoms with van der Waals surface area (Å²) in [6.07, 6.45) is 0. The molecule has 2 aromatic heterocycles. The summed E-state index contributed by atoms with van der Waals surface area (Å²) in [5.41, 5.74) is 2.87. The number of rotatable bonds is 2. The Morgan fingerprint density at radius 1 is 1.60 bits per heavy atom. The molecule has 7 heteroatoms. The van der Waals surface area contributed by atoms with Gasteiger partial charge in [-0.3, -0.25) is 14.8 Å². The molecule has 2 aromatic rings. The van der Waals surface area contributed by atoms with Crippen LogP contribution in [0.25, 0.3) is 0 Å². The van der Waals surface area contributed by atoms with Crippen LogP contribution in [-0.4, -0.2) is 25.9 Å². The second-order valence-electron chi connectivity index (χ2n) is 2.99. The van der Waals surface area contributed by atoms with Crippen molar-refractivity contribution in [1.82, 2.24) is 20.0 Å². The lowest BCUT2D eigenvalue weighted by atomic mass is 10.3. The molecule has 78 valence electrons. The van der Waals surface area contributed by atoms with Crippen LogP contribution < -0.4 is 5.32 Å². The van der Waals surface area contributed by atoms with Gasteiger partial charge < -0.3 is 0 Å². The fourth-order valence-corrected chi connectivity index (χ4v) is 1.65. The molecule has 0 saturated heterocycles. The molecule has 0 radical (unpaired) electrons. The van der Waals surface area contributed by atoms with Gasteiger partial charge >= 0.3 is 0 Å². The highest BCUT2D eigenvalue weighted by atomic mass is 32.1. The number of hydrogen-bond donors (Lipinski definition) is 1. The van der Waals surface area contributed by atoms with Crippen LogP contribution in [0.3, 0.4) is 0 Å². The average molecular weight is 223 g/mol. The Morgan fingerprint density at radius 2 is 2.40 bits per heavy atom. The third-order valence-electron chi connectivity index (χ3n) is 1.82. The van der Waals surface area contributed by atoms with E-state index in [1.165, 1.54) is 16.0 Å². The Hall–Kier alpha value is -1.76. The molecule has 0 aliphatic heterocycles. The molecule has 0 bridgehead atoms. The Bertz CT molecular complexity index is 475. The summed E-state index contributed by atoms with van der Waals surface area (Å²) in [6.45, 7) is 1.84. The monoisotopic (exact) mass is 223 g/mol. The maximum Gasteiger partial charge on any atom is 0.275 e. The van der Waals surface area contributed by atoms with E-state index < -0.39 is 0 Å². The predicted octanol–water partition coefficient (Wildman–Crippen LogP) is 0.832. The minimum Gasteiger partial charge on any atom is -0.295 e. The fraction of sp³-hybridized carbons (Fsp3) is 0.250. The first kappa shape index (κ1) is 9.78. The maximum atomic E-state index is 11.7. The number of amides is 1. The number of nitrogens with one attached hydrogen (secondary N) is 1. The lowest BCUT2D eigenvalue weighted by Gasteiger charge is -2.00. The van der Waals surface area contributed by atoms with Crippen LogP contribution in [-0.2, 0) is 7.05 Å². The Labute approximate surface area is 90.0 Å². The number of carbonyl (C=O) groups excluding carboxylic acids is 1. The highest BCUT2D eigenvalue weighted by molar-refractivity contribution is 7.13. The third-order valence-corrected chi connectivity index (χ3v) is 2.42. The number of hydrogen-bond acceptors (Lipinski definition) is 5. The third kappa shape index (κ3) is 2.01. The van der Waals surface area contributed by atoms with Crippen molar-refractivity contribution in [3.05, 3.63) is 23.0 Å². The van der Waals surface area contributed by atoms with Crippen molar-refractivity contribution in [3.8, 4) is 0 Å². The van der Waals surface area contributed by atoms with Crippen LogP contribution >= 0.6 is 11.3 Å². The van der Waals surface area contributed by atoms with E-state index in [2.05, 4.69) is 20.6 Å². The van der Waals surface area contributed by atoms with Gasteiger partial charge in [0, 0.05) is 7.05 Å². The summed E-state index contributed by atoms with van der Waals surface area (Å²) in [7, 11) is 1.72. The SMILES string of the molecule is Cc1cc(C(=O)Nc2nncs2)n(C)n1. The van der Waals surface area contributed by atoms with Gasteiger partial charge in [-0.1, -0.05) is 11.3 Å². The van der Waals surface area contributed by atoms with Gasteiger partial charge in [0.1, 0.15) is 11.2 Å². The Kier molecular flexibility index (Phi) is 2.46. The van der Waals surface area contributed by atoms with E-state index in [1.54, 1.807) is 18.6 Å². The molecule has 2 rings (SSSR count). The summed E-state index contributed by atoms with van der Waals surface area (Å²) >= 11 is 1.27. The van der Waals surface area contributed by atoms with E-state index in [1.807, 2.05) is 6.92 Å². The zero-order chi connectivity index (χ0) is 10.8. The minimum atomic E-state index is -0.227. The number of aryl methyl sites for hydroxylation is 2. The van der Waals surface area contributed by atoms with Crippen LogP contribution in [0.4, 0.5) is 5.13 Å². The van der Waals surface area contributed by atoms with E-state index in [-0.39, 0.29) is 5.91 Å². The first-order chi connectivity index (χ1) is 7.16. The summed E-state index contributed by atoms with van der Waals surface area (Å²) in [5.74, 6) is -0.227. The molecule has 2 heterocycles. The number of anilines is 1. The number of nitrogens with zero attached hydrogens (tertiary/aromatic N) is 4. The molecule has 6 nitrogen and oxygen atoms in total. The standard InChI is InChI=1S/C8H9N5OS/c1-5-3-6(13(2)12-5)7(14)10-8-11-9-4-15-8/h3-4H,1-2H3,(H,10,11,14). The van der Waals surface area contributed by atoms with Gasteiger partial charge in [-0.15, -0.1) is 10.2 Å². The predicted molar refractivity (Wildman–Crippen MR) is 55.8 cm³/mol. The van der Waals surface area contributed by atoms with Crippen molar-refractivity contribution in [3.63, 3.8) is 0 Å². The summed E-state index contributed by atoms with van der Waals surface area (Å²) in [6, 6.07) is 1.72. The molecule has 1 amide bonds. The largest absolute Gasteiger partial charge is 0.295 e. The minimum absolute atomic E-state index is 0.227. The van der Waals surface area contributed by atoms with Crippen LogP contribution in [0.1, 0.15) is 16.2 Å². The van der Waals surface area contributed by atoms with Gasteiger partial charge in [-0.2, -0.15) is 5.10 Å². The molecule has 0 aromatic carbocycles. The van der Waals surface area contributed by atoms with Crippen molar-refractivity contribution < 1.29 is 4.79 Å². The van der Waals surface area contributed by atoms with Gasteiger partial charge in [0.2, 0.25) is 5.13 Å². The van der Waals surface area contributed by atoms with Gasteiger partial charge in [0.05, 0.1) is 5.69 Å². The van der Waals surface area contributed by atoms with Crippen LogP contribution in [0.15, 0.2) is 11.6 Å². The smallest absolute Gasteiger partial charge is 0.275 e. The molecule has 0 saturated carbocycles. The normalized spacial score (nSPS) is 10.3. The number of carbonyl (C=O) groups is 1. The van der Waals surface area contributed by atoms with Crippen LogP contribution in [0.5, 0.6) is 0 Å². The van der Waals surface area contributed by atoms with Crippen molar-refractivity contribution in [2.75, 3.05) is 5.32 Å². The second-order valence-corrected chi connectivity index (χ2v) is 3.83. The van der Waals surface area contributed by atoms with Crippen LogP contribution in [0, 0.1) is 6.92 Å². The van der Waals surface area contributed by atoms with Crippen molar-refractivity contribution in [2.45, 2.75) is 6.92 Å². The summed E-state index contributed by atoms with van der Waals surface area (Å²) < 4.78 is 1.53. The summed E-state index contributed by atoms with van der Waals surface area (Å²) in [5, 5.41) is 14.6. The van der Waals surface area contributed by atoms with E-state index >= 15 is 0 Å². The van der Waals surface area contributed by atoms with Crippen LogP contribution in [0.2, 0.25) is 0 Å². The van der Waals surface area contributed by atoms with Gasteiger partial charge in [0.25, 0.3) is 5.91 Å². The molecular formula is C8H9N5OS. The molecular weight excluding hydrogens is 214 g/mol. The Balaban J connectivity index is 2.18. The van der Waals surface area contributed by atoms with E-state index in [9.17, 15) is 4.79 Å². The van der Waals surface area contributed by atoms with Crippen molar-refractivity contribution in [2.24, 2.45) is 7.05 Å². The van der Waals surface area contributed by atoms with Gasteiger partial charge in [-0.05, 0) is 13.0 Å². The van der Waals surface area contributed by atoms with Gasteiger partial charge in [-0.25, -0.2) is 0 Å². The molecule has 0 atom stereocenters. The maximum absolute atomic E-state index is 11.7. The Morgan fingerprint density at radius 3 is 2.93 bits per heavy atom. The number of aromatic nitrogens is 4. The molecule has 1 N–H and O–H groups in total. The molecule has 0 unspecified atom stereocenters. The van der Waals surface area contributed by atoms with E-state index in [0.29, 0.717) is 10.8 Å². The topological polar surface area (TPSA) is 72.7 Å². The van der Waals surface area contributed by atoms with Gasteiger partial charge in [0.15, 0.2) is 0 Å². The molecule has 0 aliphatic rings. The fourth-order valence-electron chi connectivity index (χ4n) is 1.21.